The molecule has 4 amide bonds. The Bertz CT molecular complexity index is 721. The van der Waals surface area contributed by atoms with Crippen LogP contribution in [0.4, 0.5) is 16.2 Å². The van der Waals surface area contributed by atoms with Crippen molar-refractivity contribution in [1.29, 1.82) is 0 Å². The number of benzene rings is 1. The van der Waals surface area contributed by atoms with E-state index in [9.17, 15) is 14.4 Å². The first kappa shape index (κ1) is 18.0. The summed E-state index contributed by atoms with van der Waals surface area (Å²) >= 11 is 0. The van der Waals surface area contributed by atoms with Crippen LogP contribution in [-0.2, 0) is 9.59 Å². The molecule has 0 unspecified atom stereocenters. The molecule has 2 aliphatic heterocycles. The number of fused-ring (bicyclic) bond motifs is 1. The van der Waals surface area contributed by atoms with Gasteiger partial charge in [-0.15, -0.1) is 0 Å². The van der Waals surface area contributed by atoms with Gasteiger partial charge in [-0.3, -0.25) is 9.59 Å². The van der Waals surface area contributed by atoms with Crippen LogP contribution in [0.15, 0.2) is 18.2 Å². The number of ether oxygens (including phenoxy) is 1. The van der Waals surface area contributed by atoms with Gasteiger partial charge in [-0.25, -0.2) is 4.79 Å². The van der Waals surface area contributed by atoms with Crippen molar-refractivity contribution < 1.29 is 19.1 Å². The number of likely N-dealkylation sites (N-methyl/N-ethyl adjacent to an activating group) is 1. The van der Waals surface area contributed by atoms with E-state index in [0.717, 1.165) is 6.42 Å². The van der Waals surface area contributed by atoms with Crippen molar-refractivity contribution >= 4 is 29.2 Å². The second-order valence-electron chi connectivity index (χ2n) is 6.39. The maximum absolute atomic E-state index is 12.5. The predicted octanol–water partition coefficient (Wildman–Crippen LogP) is 1.52. The fourth-order valence-corrected chi connectivity index (χ4v) is 3.27. The van der Waals surface area contributed by atoms with Gasteiger partial charge < -0.3 is 24.8 Å². The van der Waals surface area contributed by atoms with E-state index in [-0.39, 0.29) is 24.5 Å². The Morgan fingerprint density at radius 1 is 1.15 bits per heavy atom. The lowest BCUT2D eigenvalue weighted by Gasteiger charge is -2.29. The quantitative estimate of drug-likeness (QED) is 0.867. The van der Waals surface area contributed by atoms with Crippen molar-refractivity contribution in [3.8, 4) is 5.75 Å². The highest BCUT2D eigenvalue weighted by Crippen LogP contribution is 2.34. The smallest absolute Gasteiger partial charge is 0.321 e. The molecule has 1 saturated heterocycles. The number of amides is 4. The Labute approximate surface area is 152 Å². The molecule has 0 atom stereocenters. The highest BCUT2D eigenvalue weighted by atomic mass is 16.5. The van der Waals surface area contributed by atoms with Crippen LogP contribution >= 0.6 is 0 Å². The van der Waals surface area contributed by atoms with E-state index in [1.54, 1.807) is 39.8 Å². The summed E-state index contributed by atoms with van der Waals surface area (Å²) in [5.74, 6) is 0.549. The number of hydrogen-bond acceptors (Lipinski definition) is 4. The van der Waals surface area contributed by atoms with E-state index in [1.807, 2.05) is 6.92 Å². The molecular weight excluding hydrogens is 336 g/mol. The van der Waals surface area contributed by atoms with Gasteiger partial charge >= 0.3 is 6.03 Å². The van der Waals surface area contributed by atoms with E-state index >= 15 is 0 Å². The van der Waals surface area contributed by atoms with Gasteiger partial charge in [0.25, 0.3) is 5.91 Å². The summed E-state index contributed by atoms with van der Waals surface area (Å²) in [7, 11) is 0. The minimum absolute atomic E-state index is 0.00520. The average Bonchev–Trinajstić information content (AvgIpc) is 2.88. The Morgan fingerprint density at radius 3 is 2.62 bits per heavy atom. The maximum atomic E-state index is 12.5. The number of carbonyl (C=O) groups is 3. The van der Waals surface area contributed by atoms with E-state index in [2.05, 4.69) is 5.32 Å². The van der Waals surface area contributed by atoms with Crippen molar-refractivity contribution in [2.45, 2.75) is 20.3 Å². The minimum Gasteiger partial charge on any atom is -0.481 e. The lowest BCUT2D eigenvalue weighted by molar-refractivity contribution is -0.128. The summed E-state index contributed by atoms with van der Waals surface area (Å²) in [5, 5.41) is 2.88. The van der Waals surface area contributed by atoms with Gasteiger partial charge in [0.05, 0.1) is 5.69 Å². The Hall–Kier alpha value is -2.77. The molecule has 0 spiro atoms. The normalized spacial score (nSPS) is 17.3. The summed E-state index contributed by atoms with van der Waals surface area (Å²) in [6, 6.07) is 5.09. The maximum Gasteiger partial charge on any atom is 0.321 e. The van der Waals surface area contributed by atoms with Gasteiger partial charge in [0.1, 0.15) is 5.75 Å². The molecule has 1 fully saturated rings. The first-order valence-electron chi connectivity index (χ1n) is 8.88. The van der Waals surface area contributed by atoms with Crippen molar-refractivity contribution in [1.82, 2.24) is 9.80 Å². The zero-order valence-electron chi connectivity index (χ0n) is 15.2. The van der Waals surface area contributed by atoms with Gasteiger partial charge in [-0.1, -0.05) is 0 Å². The molecule has 140 valence electrons. The largest absolute Gasteiger partial charge is 0.481 e. The number of rotatable bonds is 2. The van der Waals surface area contributed by atoms with Crippen LogP contribution in [0.3, 0.4) is 0 Å². The van der Waals surface area contributed by atoms with Gasteiger partial charge in [-0.05, 0) is 25.5 Å². The number of carbonyl (C=O) groups excluding carboxylic acids is 3. The van der Waals surface area contributed by atoms with Crippen molar-refractivity contribution in [3.63, 3.8) is 0 Å². The summed E-state index contributed by atoms with van der Waals surface area (Å²) in [6.07, 6.45) is 0.758. The lowest BCUT2D eigenvalue weighted by Crippen LogP contribution is -2.39. The third-order valence-corrected chi connectivity index (χ3v) is 4.70. The molecule has 1 N–H and O–H groups in total. The van der Waals surface area contributed by atoms with Crippen LogP contribution in [0, 0.1) is 0 Å². The molecule has 1 aromatic carbocycles. The molecule has 0 saturated carbocycles. The number of urea groups is 1. The molecule has 0 aromatic heterocycles. The van der Waals surface area contributed by atoms with Crippen LogP contribution in [0.2, 0.25) is 0 Å². The monoisotopic (exact) mass is 360 g/mol. The van der Waals surface area contributed by atoms with E-state index in [4.69, 9.17) is 4.74 Å². The SMILES string of the molecule is CCN1C(=O)COc2cc(NC(=O)N3CCCN(C(C)=O)CC3)ccc21. The van der Waals surface area contributed by atoms with E-state index < -0.39 is 0 Å². The molecule has 0 bridgehead atoms. The molecular formula is C18H24N4O4. The third kappa shape index (κ3) is 3.74. The first-order chi connectivity index (χ1) is 12.5. The number of anilines is 2. The van der Waals surface area contributed by atoms with Crippen LogP contribution < -0.4 is 15.0 Å². The molecule has 2 heterocycles. The van der Waals surface area contributed by atoms with Crippen molar-refractivity contribution in [2.75, 3.05) is 49.5 Å². The molecule has 2 aliphatic rings. The summed E-state index contributed by atoms with van der Waals surface area (Å²) in [4.78, 5) is 41.0. The van der Waals surface area contributed by atoms with Gasteiger partial charge in [0.15, 0.2) is 6.61 Å². The summed E-state index contributed by atoms with van der Waals surface area (Å²) < 4.78 is 5.50. The van der Waals surface area contributed by atoms with Crippen LogP contribution in [0.25, 0.3) is 0 Å². The molecule has 1 aromatic rings. The summed E-state index contributed by atoms with van der Waals surface area (Å²) in [6.45, 7) is 6.36. The minimum atomic E-state index is -0.199. The van der Waals surface area contributed by atoms with E-state index in [1.165, 1.54) is 0 Å². The standard InChI is InChI=1S/C18H24N4O4/c1-3-22-15-6-5-14(11-16(15)26-12-17(22)24)19-18(25)21-8-4-7-20(9-10-21)13(2)23/h5-6,11H,3-4,7-10,12H2,1-2H3,(H,19,25). The van der Waals surface area contributed by atoms with E-state index in [0.29, 0.717) is 49.8 Å². The lowest BCUT2D eigenvalue weighted by atomic mass is 10.2. The van der Waals surface area contributed by atoms with Crippen LogP contribution in [-0.4, -0.2) is 67.0 Å². The number of nitrogens with zero attached hydrogens (tertiary/aromatic N) is 3. The Balaban J connectivity index is 1.67. The average molecular weight is 360 g/mol. The van der Waals surface area contributed by atoms with Gasteiger partial charge in [0.2, 0.25) is 5.91 Å². The topological polar surface area (TPSA) is 82.2 Å². The Morgan fingerprint density at radius 2 is 1.88 bits per heavy atom. The number of hydrogen-bond donors (Lipinski definition) is 1. The second kappa shape index (κ2) is 7.63. The van der Waals surface area contributed by atoms with Crippen molar-refractivity contribution in [2.24, 2.45) is 0 Å². The van der Waals surface area contributed by atoms with Gasteiger partial charge in [0, 0.05) is 51.4 Å². The molecule has 0 radical (unpaired) electrons. The Kier molecular flexibility index (Phi) is 5.29. The first-order valence-corrected chi connectivity index (χ1v) is 8.88. The number of nitrogens with one attached hydrogen (secondary N) is 1. The molecule has 0 aliphatic carbocycles. The van der Waals surface area contributed by atoms with Gasteiger partial charge in [-0.2, -0.15) is 0 Å². The fourth-order valence-electron chi connectivity index (χ4n) is 3.27. The molecule has 26 heavy (non-hydrogen) atoms. The third-order valence-electron chi connectivity index (χ3n) is 4.70. The second-order valence-corrected chi connectivity index (χ2v) is 6.39. The highest BCUT2D eigenvalue weighted by Gasteiger charge is 2.25. The van der Waals surface area contributed by atoms with Crippen molar-refractivity contribution in [3.05, 3.63) is 18.2 Å². The van der Waals surface area contributed by atoms with Crippen LogP contribution in [0.5, 0.6) is 5.75 Å². The molecule has 8 nitrogen and oxygen atoms in total. The zero-order valence-corrected chi connectivity index (χ0v) is 15.2. The molecule has 3 rings (SSSR count). The predicted molar refractivity (Wildman–Crippen MR) is 97.4 cm³/mol. The van der Waals surface area contributed by atoms with Crippen LogP contribution in [0.1, 0.15) is 20.3 Å². The highest BCUT2D eigenvalue weighted by molar-refractivity contribution is 5.98. The fraction of sp³-hybridized carbons (Fsp3) is 0.500. The summed E-state index contributed by atoms with van der Waals surface area (Å²) in [5.41, 5.74) is 1.33. The zero-order chi connectivity index (χ0) is 18.7. The molecule has 8 heteroatoms.